The first kappa shape index (κ1) is 11.1. The zero-order valence-electron chi connectivity index (χ0n) is 9.29. The molecule has 0 spiro atoms. The van der Waals surface area contributed by atoms with E-state index in [1.807, 2.05) is 19.3 Å². The zero-order valence-corrected chi connectivity index (χ0v) is 9.29. The van der Waals surface area contributed by atoms with E-state index in [-0.39, 0.29) is 5.56 Å². The molecular formula is C11H12N4O2. The summed E-state index contributed by atoms with van der Waals surface area (Å²) in [5.41, 5.74) is 0.984. The van der Waals surface area contributed by atoms with Crippen LogP contribution in [0.5, 0.6) is 0 Å². The largest absolute Gasteiger partial charge is 0.478 e. The van der Waals surface area contributed by atoms with Gasteiger partial charge >= 0.3 is 5.97 Å². The van der Waals surface area contributed by atoms with Crippen molar-refractivity contribution in [3.63, 3.8) is 0 Å². The van der Waals surface area contributed by atoms with E-state index in [1.54, 1.807) is 16.9 Å². The van der Waals surface area contributed by atoms with E-state index in [4.69, 9.17) is 5.11 Å². The van der Waals surface area contributed by atoms with Gasteiger partial charge in [0.25, 0.3) is 0 Å². The Morgan fingerprint density at radius 3 is 3.00 bits per heavy atom. The van der Waals surface area contributed by atoms with Crippen LogP contribution in [0, 0.1) is 0 Å². The average Bonchev–Trinajstić information content (AvgIpc) is 2.73. The number of nitrogens with one attached hydrogen (secondary N) is 1. The van der Waals surface area contributed by atoms with Gasteiger partial charge in [-0.25, -0.2) is 9.78 Å². The van der Waals surface area contributed by atoms with Crippen LogP contribution in [0.15, 0.2) is 30.6 Å². The maximum atomic E-state index is 10.9. The summed E-state index contributed by atoms with van der Waals surface area (Å²) in [6.07, 6.45) is 3.38. The minimum Gasteiger partial charge on any atom is -0.478 e. The molecule has 2 rings (SSSR count). The molecule has 2 heterocycles. The number of hydrogen-bond acceptors (Lipinski definition) is 4. The molecule has 0 aromatic carbocycles. The third-order valence-electron chi connectivity index (χ3n) is 2.24. The van der Waals surface area contributed by atoms with Gasteiger partial charge in [0, 0.05) is 19.4 Å². The molecule has 0 aliphatic rings. The van der Waals surface area contributed by atoms with Crippen LogP contribution >= 0.6 is 0 Å². The Balaban J connectivity index is 2.11. The Hall–Kier alpha value is -2.37. The maximum absolute atomic E-state index is 10.9. The molecule has 0 aliphatic heterocycles. The number of aromatic carboxylic acids is 1. The number of anilines is 1. The summed E-state index contributed by atoms with van der Waals surface area (Å²) in [5, 5.41) is 16.1. The van der Waals surface area contributed by atoms with E-state index in [0.29, 0.717) is 12.4 Å². The van der Waals surface area contributed by atoms with Crippen LogP contribution in [0.1, 0.15) is 16.1 Å². The molecule has 0 radical (unpaired) electrons. The molecule has 0 saturated heterocycles. The standard InChI is InChI=1S/C11H12N4O2/c1-15-6-4-8(14-15)7-13-10-9(11(16)17)3-2-5-12-10/h2-6H,7H2,1H3,(H,12,13)(H,16,17). The smallest absolute Gasteiger partial charge is 0.339 e. The molecule has 6 nitrogen and oxygen atoms in total. The predicted octanol–water partition coefficient (Wildman–Crippen LogP) is 1.13. The fourth-order valence-electron chi connectivity index (χ4n) is 1.45. The topological polar surface area (TPSA) is 80.0 Å². The molecule has 2 aromatic heterocycles. The Labute approximate surface area is 97.9 Å². The first-order chi connectivity index (χ1) is 8.16. The van der Waals surface area contributed by atoms with Crippen molar-refractivity contribution in [2.24, 2.45) is 7.05 Å². The van der Waals surface area contributed by atoms with E-state index < -0.39 is 5.97 Å². The third kappa shape index (κ3) is 2.60. The molecule has 0 amide bonds. The van der Waals surface area contributed by atoms with Gasteiger partial charge in [0.2, 0.25) is 0 Å². The number of aromatic nitrogens is 3. The highest BCUT2D eigenvalue weighted by Crippen LogP contribution is 2.12. The number of hydrogen-bond donors (Lipinski definition) is 2. The third-order valence-corrected chi connectivity index (χ3v) is 2.24. The van der Waals surface area contributed by atoms with Gasteiger partial charge in [0.05, 0.1) is 12.2 Å². The molecule has 88 valence electrons. The fraction of sp³-hybridized carbons (Fsp3) is 0.182. The van der Waals surface area contributed by atoms with Gasteiger partial charge in [-0.3, -0.25) is 4.68 Å². The lowest BCUT2D eigenvalue weighted by Gasteiger charge is -2.06. The van der Waals surface area contributed by atoms with Crippen molar-refractivity contribution in [2.75, 3.05) is 5.32 Å². The van der Waals surface area contributed by atoms with Gasteiger partial charge in [-0.05, 0) is 18.2 Å². The zero-order chi connectivity index (χ0) is 12.3. The summed E-state index contributed by atoms with van der Waals surface area (Å²) in [6.45, 7) is 0.443. The number of pyridine rings is 1. The van der Waals surface area contributed by atoms with Crippen LogP contribution in [0.2, 0.25) is 0 Å². The highest BCUT2D eigenvalue weighted by Gasteiger charge is 2.10. The molecule has 6 heteroatoms. The summed E-state index contributed by atoms with van der Waals surface area (Å²) in [6, 6.07) is 4.96. The van der Waals surface area contributed by atoms with Gasteiger partial charge in [0.15, 0.2) is 0 Å². The number of aryl methyl sites for hydroxylation is 1. The van der Waals surface area contributed by atoms with Crippen LogP contribution in [0.3, 0.4) is 0 Å². The average molecular weight is 232 g/mol. The van der Waals surface area contributed by atoms with Crippen molar-refractivity contribution in [2.45, 2.75) is 6.54 Å². The van der Waals surface area contributed by atoms with Gasteiger partial charge in [0.1, 0.15) is 11.4 Å². The molecule has 2 N–H and O–H groups in total. The SMILES string of the molecule is Cn1ccc(CNc2ncccc2C(=O)O)n1. The second-order valence-corrected chi connectivity index (χ2v) is 3.54. The van der Waals surface area contributed by atoms with Crippen LogP contribution in [0.25, 0.3) is 0 Å². The molecule has 0 unspecified atom stereocenters. The van der Waals surface area contributed by atoms with Crippen LogP contribution in [-0.4, -0.2) is 25.8 Å². The Kier molecular flexibility index (Phi) is 3.04. The first-order valence-electron chi connectivity index (χ1n) is 5.07. The molecule has 0 atom stereocenters. The van der Waals surface area contributed by atoms with Crippen molar-refractivity contribution in [1.29, 1.82) is 0 Å². The summed E-state index contributed by atoms with van der Waals surface area (Å²) in [5.74, 6) is -0.646. The minimum atomic E-state index is -0.998. The van der Waals surface area contributed by atoms with E-state index >= 15 is 0 Å². The molecular weight excluding hydrogens is 220 g/mol. The Morgan fingerprint density at radius 2 is 2.35 bits per heavy atom. The van der Waals surface area contributed by atoms with Crippen molar-refractivity contribution in [1.82, 2.24) is 14.8 Å². The molecule has 0 bridgehead atoms. The summed E-state index contributed by atoms with van der Waals surface area (Å²) < 4.78 is 1.69. The maximum Gasteiger partial charge on any atom is 0.339 e. The van der Waals surface area contributed by atoms with Crippen molar-refractivity contribution in [3.8, 4) is 0 Å². The van der Waals surface area contributed by atoms with Crippen LogP contribution < -0.4 is 5.32 Å². The molecule has 2 aromatic rings. The normalized spacial score (nSPS) is 10.2. The monoisotopic (exact) mass is 232 g/mol. The van der Waals surface area contributed by atoms with E-state index in [9.17, 15) is 4.79 Å². The van der Waals surface area contributed by atoms with Crippen molar-refractivity contribution in [3.05, 3.63) is 41.9 Å². The summed E-state index contributed by atoms with van der Waals surface area (Å²) in [4.78, 5) is 14.9. The first-order valence-corrected chi connectivity index (χ1v) is 5.07. The molecule has 0 aliphatic carbocycles. The lowest BCUT2D eigenvalue weighted by Crippen LogP contribution is -2.08. The van der Waals surface area contributed by atoms with Gasteiger partial charge in [-0.2, -0.15) is 5.10 Å². The Bertz CT molecular complexity index is 536. The molecule has 0 saturated carbocycles. The fourth-order valence-corrected chi connectivity index (χ4v) is 1.45. The van der Waals surface area contributed by atoms with Gasteiger partial charge < -0.3 is 10.4 Å². The number of rotatable bonds is 4. The lowest BCUT2D eigenvalue weighted by molar-refractivity contribution is 0.0697. The predicted molar refractivity (Wildman–Crippen MR) is 61.7 cm³/mol. The Morgan fingerprint density at radius 1 is 1.53 bits per heavy atom. The number of carboxylic acids is 1. The second-order valence-electron chi connectivity index (χ2n) is 3.54. The highest BCUT2D eigenvalue weighted by atomic mass is 16.4. The number of carboxylic acid groups (broad SMARTS) is 1. The number of nitrogens with zero attached hydrogens (tertiary/aromatic N) is 3. The van der Waals surface area contributed by atoms with Crippen LogP contribution in [-0.2, 0) is 13.6 Å². The van der Waals surface area contributed by atoms with Crippen molar-refractivity contribution < 1.29 is 9.90 Å². The second kappa shape index (κ2) is 4.65. The number of carbonyl (C=O) groups is 1. The van der Waals surface area contributed by atoms with Crippen molar-refractivity contribution >= 4 is 11.8 Å². The van der Waals surface area contributed by atoms with E-state index in [1.165, 1.54) is 6.07 Å². The van der Waals surface area contributed by atoms with E-state index in [2.05, 4.69) is 15.4 Å². The summed E-state index contributed by atoms with van der Waals surface area (Å²) >= 11 is 0. The summed E-state index contributed by atoms with van der Waals surface area (Å²) in [7, 11) is 1.83. The molecule has 0 fully saturated rings. The van der Waals surface area contributed by atoms with Gasteiger partial charge in [-0.1, -0.05) is 0 Å². The minimum absolute atomic E-state index is 0.156. The highest BCUT2D eigenvalue weighted by molar-refractivity contribution is 5.92. The van der Waals surface area contributed by atoms with Crippen LogP contribution in [0.4, 0.5) is 5.82 Å². The quantitative estimate of drug-likeness (QED) is 0.825. The van der Waals surface area contributed by atoms with E-state index in [0.717, 1.165) is 5.69 Å². The molecule has 17 heavy (non-hydrogen) atoms. The van der Waals surface area contributed by atoms with Gasteiger partial charge in [-0.15, -0.1) is 0 Å². The lowest BCUT2D eigenvalue weighted by atomic mass is 10.2.